The second-order valence-corrected chi connectivity index (χ2v) is 9.11. The number of nitrogens with zero attached hydrogens (tertiary/aromatic N) is 6. The highest BCUT2D eigenvalue weighted by Crippen LogP contribution is 2.21. The van der Waals surface area contributed by atoms with Crippen LogP contribution in [0, 0.1) is 20.8 Å². The fourth-order valence-electron chi connectivity index (χ4n) is 4.09. The third-order valence-corrected chi connectivity index (χ3v) is 7.14. The van der Waals surface area contributed by atoms with Gasteiger partial charge in [-0.1, -0.05) is 12.1 Å². The first-order valence-corrected chi connectivity index (χ1v) is 11.4. The van der Waals surface area contributed by atoms with E-state index < -0.39 is 0 Å². The summed E-state index contributed by atoms with van der Waals surface area (Å²) in [5.41, 5.74) is 6.31. The van der Waals surface area contributed by atoms with Crippen molar-refractivity contribution in [3.05, 3.63) is 68.7 Å². The third kappa shape index (κ3) is 4.75. The summed E-state index contributed by atoms with van der Waals surface area (Å²) in [5.74, 6) is 0.109. The molecule has 7 nitrogen and oxygen atoms in total. The Balaban J connectivity index is 1.33. The van der Waals surface area contributed by atoms with Gasteiger partial charge in [-0.3, -0.25) is 19.1 Å². The summed E-state index contributed by atoms with van der Waals surface area (Å²) in [7, 11) is 1.95. The van der Waals surface area contributed by atoms with Crippen LogP contribution in [0.3, 0.4) is 0 Å². The average Bonchev–Trinajstić information content (AvgIpc) is 3.20. The van der Waals surface area contributed by atoms with E-state index in [9.17, 15) is 4.79 Å². The smallest absolute Gasteiger partial charge is 0.253 e. The lowest BCUT2D eigenvalue weighted by molar-refractivity contribution is 0.0628. The molecule has 0 spiro atoms. The number of hydrogen-bond donors (Lipinski definition) is 0. The Morgan fingerprint density at radius 1 is 0.968 bits per heavy atom. The van der Waals surface area contributed by atoms with Gasteiger partial charge in [-0.2, -0.15) is 10.2 Å². The summed E-state index contributed by atoms with van der Waals surface area (Å²) < 4.78 is 4.90. The number of carbonyl (C=O) groups is 1. The first-order chi connectivity index (χ1) is 14.8. The Morgan fingerprint density at radius 2 is 1.65 bits per heavy atom. The molecule has 0 bridgehead atoms. The van der Waals surface area contributed by atoms with Crippen LogP contribution in [0.1, 0.15) is 38.6 Å². The van der Waals surface area contributed by atoms with E-state index >= 15 is 0 Å². The minimum absolute atomic E-state index is 0.109. The van der Waals surface area contributed by atoms with E-state index in [0.717, 1.165) is 65.4 Å². The quantitative estimate of drug-likeness (QED) is 0.557. The Kier molecular flexibility index (Phi) is 6.29. The van der Waals surface area contributed by atoms with Gasteiger partial charge in [0.25, 0.3) is 5.91 Å². The van der Waals surface area contributed by atoms with Crippen molar-refractivity contribution in [2.45, 2.75) is 33.9 Å². The van der Waals surface area contributed by atoms with Gasteiger partial charge < -0.3 is 4.90 Å². The molecule has 1 amide bonds. The van der Waals surface area contributed by atoms with Gasteiger partial charge in [0.15, 0.2) is 0 Å². The van der Waals surface area contributed by atoms with Gasteiger partial charge >= 0.3 is 0 Å². The van der Waals surface area contributed by atoms with Gasteiger partial charge in [0.05, 0.1) is 28.1 Å². The van der Waals surface area contributed by atoms with Crippen molar-refractivity contribution in [3.8, 4) is 0 Å². The predicted octanol–water partition coefficient (Wildman–Crippen LogP) is 3.31. The number of amides is 1. The lowest BCUT2D eigenvalue weighted by Gasteiger charge is -2.34. The van der Waals surface area contributed by atoms with Crippen molar-refractivity contribution in [2.24, 2.45) is 7.05 Å². The Labute approximate surface area is 191 Å². The van der Waals surface area contributed by atoms with Gasteiger partial charge in [0.2, 0.25) is 0 Å². The molecule has 0 unspecified atom stereocenters. The number of halogens is 1. The van der Waals surface area contributed by atoms with Crippen LogP contribution in [0.2, 0.25) is 0 Å². The number of rotatable bonds is 5. The maximum atomic E-state index is 13.0. The van der Waals surface area contributed by atoms with E-state index in [4.69, 9.17) is 0 Å². The molecule has 1 aliphatic heterocycles. The molecular weight excluding hydrogens is 456 g/mol. The third-order valence-electron chi connectivity index (χ3n) is 5.99. The molecule has 1 saturated heterocycles. The highest BCUT2D eigenvalue weighted by molar-refractivity contribution is 9.10. The zero-order valence-corrected chi connectivity index (χ0v) is 20.2. The van der Waals surface area contributed by atoms with Gasteiger partial charge in [-0.15, -0.1) is 0 Å². The molecule has 31 heavy (non-hydrogen) atoms. The minimum atomic E-state index is 0.109. The summed E-state index contributed by atoms with van der Waals surface area (Å²) >= 11 is 3.57. The number of benzene rings is 1. The van der Waals surface area contributed by atoms with Crippen LogP contribution in [-0.2, 0) is 20.1 Å². The van der Waals surface area contributed by atoms with Gasteiger partial charge in [-0.25, -0.2) is 0 Å². The van der Waals surface area contributed by atoms with Crippen molar-refractivity contribution >= 4 is 21.8 Å². The molecule has 2 aromatic heterocycles. The van der Waals surface area contributed by atoms with Crippen molar-refractivity contribution in [2.75, 3.05) is 26.2 Å². The zero-order chi connectivity index (χ0) is 22.1. The van der Waals surface area contributed by atoms with Crippen molar-refractivity contribution in [3.63, 3.8) is 0 Å². The normalized spacial score (nSPS) is 14.9. The van der Waals surface area contributed by atoms with E-state index in [1.165, 1.54) is 5.56 Å². The maximum Gasteiger partial charge on any atom is 0.253 e. The average molecular weight is 485 g/mol. The molecular formula is C23H29BrN6O. The van der Waals surface area contributed by atoms with Crippen molar-refractivity contribution in [1.29, 1.82) is 0 Å². The molecule has 8 heteroatoms. The topological polar surface area (TPSA) is 59.2 Å². The first-order valence-electron chi connectivity index (χ1n) is 10.6. The Morgan fingerprint density at radius 3 is 2.19 bits per heavy atom. The highest BCUT2D eigenvalue weighted by atomic mass is 79.9. The molecule has 0 atom stereocenters. The summed E-state index contributed by atoms with van der Waals surface area (Å²) in [6, 6.07) is 7.92. The summed E-state index contributed by atoms with van der Waals surface area (Å²) in [6.07, 6.45) is 2.08. The van der Waals surface area contributed by atoms with E-state index in [1.807, 2.05) is 59.4 Å². The lowest BCUT2D eigenvalue weighted by Crippen LogP contribution is -2.48. The number of carbonyl (C=O) groups excluding carboxylic acids is 1. The molecule has 0 aliphatic carbocycles. The Hall–Kier alpha value is -2.45. The van der Waals surface area contributed by atoms with Gasteiger partial charge in [0, 0.05) is 57.1 Å². The van der Waals surface area contributed by atoms with Crippen LogP contribution < -0.4 is 0 Å². The number of aryl methyl sites for hydroxylation is 3. The van der Waals surface area contributed by atoms with Crippen LogP contribution in [0.5, 0.6) is 0 Å². The zero-order valence-electron chi connectivity index (χ0n) is 18.6. The molecule has 1 aromatic carbocycles. The molecule has 0 radical (unpaired) electrons. The molecule has 3 aromatic rings. The number of aromatic nitrogens is 4. The molecule has 0 saturated carbocycles. The van der Waals surface area contributed by atoms with E-state index in [2.05, 4.69) is 44.1 Å². The molecule has 4 rings (SSSR count). The largest absolute Gasteiger partial charge is 0.336 e. The van der Waals surface area contributed by atoms with Crippen LogP contribution in [0.4, 0.5) is 0 Å². The van der Waals surface area contributed by atoms with Crippen molar-refractivity contribution in [1.82, 2.24) is 29.4 Å². The fraction of sp³-hybridized carbons (Fsp3) is 0.435. The summed E-state index contributed by atoms with van der Waals surface area (Å²) in [5, 5.41) is 8.99. The second kappa shape index (κ2) is 8.96. The van der Waals surface area contributed by atoms with Crippen LogP contribution in [0.25, 0.3) is 0 Å². The molecule has 3 heterocycles. The van der Waals surface area contributed by atoms with E-state index in [-0.39, 0.29) is 5.91 Å². The fourth-order valence-corrected chi connectivity index (χ4v) is 4.38. The standard InChI is InChI=1S/C23H29BrN6O/c1-16-21(14-27(4)25-16)15-28-9-11-29(12-10-28)23(31)20-7-5-19(6-8-20)13-30-18(3)22(24)17(2)26-30/h5-8,14H,9-13,15H2,1-4H3. The maximum absolute atomic E-state index is 13.0. The lowest BCUT2D eigenvalue weighted by atomic mass is 10.1. The van der Waals surface area contributed by atoms with Crippen LogP contribution >= 0.6 is 15.9 Å². The Bertz CT molecular complexity index is 1080. The molecule has 1 aliphatic rings. The van der Waals surface area contributed by atoms with E-state index in [0.29, 0.717) is 6.54 Å². The monoisotopic (exact) mass is 484 g/mol. The highest BCUT2D eigenvalue weighted by Gasteiger charge is 2.23. The van der Waals surface area contributed by atoms with Gasteiger partial charge in [0.1, 0.15) is 0 Å². The van der Waals surface area contributed by atoms with Crippen LogP contribution in [-0.4, -0.2) is 61.4 Å². The first kappa shape index (κ1) is 21.8. The minimum Gasteiger partial charge on any atom is -0.336 e. The molecule has 1 fully saturated rings. The predicted molar refractivity (Wildman–Crippen MR) is 124 cm³/mol. The number of hydrogen-bond acceptors (Lipinski definition) is 4. The number of piperazine rings is 1. The molecule has 0 N–H and O–H groups in total. The summed E-state index contributed by atoms with van der Waals surface area (Å²) in [6.45, 7) is 10.9. The van der Waals surface area contributed by atoms with Crippen LogP contribution in [0.15, 0.2) is 34.9 Å². The second-order valence-electron chi connectivity index (χ2n) is 8.32. The van der Waals surface area contributed by atoms with Gasteiger partial charge in [-0.05, 0) is 54.4 Å². The van der Waals surface area contributed by atoms with E-state index in [1.54, 1.807) is 0 Å². The van der Waals surface area contributed by atoms with Crippen molar-refractivity contribution < 1.29 is 4.79 Å². The SMILES string of the molecule is Cc1nn(C)cc1CN1CCN(C(=O)c2ccc(Cn3nc(C)c(Br)c3C)cc2)CC1. The summed E-state index contributed by atoms with van der Waals surface area (Å²) in [4.78, 5) is 17.3. The molecule has 164 valence electrons.